The number of rotatable bonds is 60. The zero-order valence-corrected chi connectivity index (χ0v) is 53.0. The van der Waals surface area contributed by atoms with Gasteiger partial charge in [0.05, 0.1) is 27.7 Å². The topological polar surface area (TPSA) is 108 Å². The van der Waals surface area contributed by atoms with Crippen molar-refractivity contribution in [2.45, 2.75) is 296 Å². The van der Waals surface area contributed by atoms with E-state index >= 15 is 0 Å². The molecule has 0 aliphatic heterocycles. The molecule has 458 valence electrons. The van der Waals surface area contributed by atoms with Gasteiger partial charge in [0.25, 0.3) is 0 Å². The van der Waals surface area contributed by atoms with Gasteiger partial charge >= 0.3 is 19.8 Å². The van der Waals surface area contributed by atoms with E-state index in [0.717, 1.165) is 89.9 Å². The maximum absolute atomic E-state index is 12.9. The predicted octanol–water partition coefficient (Wildman–Crippen LogP) is 21.0. The number of nitrogens with zero attached hydrogens (tertiary/aromatic N) is 1. The summed E-state index contributed by atoms with van der Waals surface area (Å²) in [5.41, 5.74) is 0. The predicted molar refractivity (Wildman–Crippen MR) is 339 cm³/mol. The third-order valence-corrected chi connectivity index (χ3v) is 15.2. The van der Waals surface area contributed by atoms with Gasteiger partial charge in [0.2, 0.25) is 0 Å². The van der Waals surface area contributed by atoms with Gasteiger partial charge in [-0.15, -0.1) is 0 Å². The normalized spacial score (nSPS) is 13.7. The molecule has 0 aromatic heterocycles. The Morgan fingerprint density at radius 1 is 0.405 bits per heavy atom. The van der Waals surface area contributed by atoms with Crippen LogP contribution in [0.15, 0.2) is 85.1 Å². The van der Waals surface area contributed by atoms with Gasteiger partial charge in [-0.2, -0.15) is 0 Å². The number of hydrogen-bond donors (Lipinski definition) is 1. The van der Waals surface area contributed by atoms with Gasteiger partial charge in [-0.05, 0) is 70.6 Å². The molecule has 0 saturated heterocycles. The summed E-state index contributed by atoms with van der Waals surface area (Å²) in [6.45, 7) is 4.34. The van der Waals surface area contributed by atoms with Gasteiger partial charge in [0, 0.05) is 12.8 Å². The molecule has 79 heavy (non-hydrogen) atoms. The van der Waals surface area contributed by atoms with E-state index in [1.54, 1.807) is 0 Å². The number of esters is 2. The average Bonchev–Trinajstić information content (AvgIpc) is 3.41. The minimum atomic E-state index is -4.40. The summed E-state index contributed by atoms with van der Waals surface area (Å²) in [4.78, 5) is 35.8. The van der Waals surface area contributed by atoms with E-state index in [0.29, 0.717) is 17.4 Å². The summed E-state index contributed by atoms with van der Waals surface area (Å²) < 4.78 is 34.7. The first-order valence-corrected chi connectivity index (χ1v) is 34.3. The lowest BCUT2D eigenvalue weighted by Gasteiger charge is -2.24. The van der Waals surface area contributed by atoms with Gasteiger partial charge < -0.3 is 18.9 Å². The number of phosphoric acid groups is 1. The lowest BCUT2D eigenvalue weighted by molar-refractivity contribution is -0.870. The van der Waals surface area contributed by atoms with Crippen LogP contribution >= 0.6 is 7.82 Å². The first-order valence-electron chi connectivity index (χ1n) is 32.8. The lowest BCUT2D eigenvalue weighted by atomic mass is 10.0. The number of hydrogen-bond acceptors (Lipinski definition) is 7. The van der Waals surface area contributed by atoms with Crippen LogP contribution < -0.4 is 0 Å². The number of ether oxygens (including phenoxy) is 2. The van der Waals surface area contributed by atoms with Crippen LogP contribution in [0.3, 0.4) is 0 Å². The molecule has 0 saturated carbocycles. The van der Waals surface area contributed by atoms with Crippen molar-refractivity contribution in [2.24, 2.45) is 0 Å². The molecule has 0 aliphatic carbocycles. The Bertz CT molecular complexity index is 1610. The summed E-state index contributed by atoms with van der Waals surface area (Å²) in [6.07, 6.45) is 81.0. The van der Waals surface area contributed by atoms with Crippen LogP contribution in [0.25, 0.3) is 0 Å². The Balaban J connectivity index is 4.13. The van der Waals surface area contributed by atoms with E-state index in [9.17, 15) is 19.0 Å². The van der Waals surface area contributed by atoms with Crippen molar-refractivity contribution >= 4 is 19.8 Å². The van der Waals surface area contributed by atoms with Crippen LogP contribution in [0.5, 0.6) is 0 Å². The summed E-state index contributed by atoms with van der Waals surface area (Å²) in [7, 11) is 1.47. The van der Waals surface area contributed by atoms with Crippen LogP contribution in [0, 0.1) is 0 Å². The smallest absolute Gasteiger partial charge is 0.462 e. The van der Waals surface area contributed by atoms with Gasteiger partial charge in [0.1, 0.15) is 19.8 Å². The lowest BCUT2D eigenvalue weighted by Crippen LogP contribution is -2.37. The van der Waals surface area contributed by atoms with Crippen molar-refractivity contribution in [1.82, 2.24) is 0 Å². The molecule has 2 unspecified atom stereocenters. The van der Waals surface area contributed by atoms with E-state index in [2.05, 4.69) is 98.9 Å². The van der Waals surface area contributed by atoms with Crippen molar-refractivity contribution in [3.63, 3.8) is 0 Å². The van der Waals surface area contributed by atoms with Crippen molar-refractivity contribution in [3.8, 4) is 0 Å². The van der Waals surface area contributed by atoms with Gasteiger partial charge in [-0.3, -0.25) is 18.6 Å². The molecule has 0 bridgehead atoms. The quantitative estimate of drug-likeness (QED) is 0.0211. The minimum Gasteiger partial charge on any atom is -0.462 e. The molecule has 0 rings (SSSR count). The molecule has 0 aromatic rings. The Morgan fingerprint density at radius 2 is 0.722 bits per heavy atom. The molecule has 0 spiro atoms. The molecule has 2 atom stereocenters. The van der Waals surface area contributed by atoms with E-state index in [1.807, 2.05) is 21.1 Å². The minimum absolute atomic E-state index is 0.0269. The van der Waals surface area contributed by atoms with E-state index in [1.165, 1.54) is 167 Å². The Morgan fingerprint density at radius 3 is 1.08 bits per heavy atom. The second kappa shape index (κ2) is 59.8. The number of likely N-dealkylation sites (N-methyl/N-ethyl adjacent to an activating group) is 1. The molecule has 9 nitrogen and oxygen atoms in total. The maximum Gasteiger partial charge on any atom is 0.472 e. The largest absolute Gasteiger partial charge is 0.472 e. The summed E-state index contributed by atoms with van der Waals surface area (Å²) in [6, 6.07) is 0. The maximum atomic E-state index is 12.9. The molecule has 0 heterocycles. The van der Waals surface area contributed by atoms with Crippen LogP contribution in [0.4, 0.5) is 0 Å². The summed E-state index contributed by atoms with van der Waals surface area (Å²) >= 11 is 0. The number of allylic oxidation sites excluding steroid dienone is 14. The van der Waals surface area contributed by atoms with E-state index < -0.39 is 26.5 Å². The summed E-state index contributed by atoms with van der Waals surface area (Å²) in [5, 5.41) is 0. The molecule has 10 heteroatoms. The van der Waals surface area contributed by atoms with E-state index in [4.69, 9.17) is 18.5 Å². The number of phosphoric ester groups is 1. The number of quaternary nitrogens is 1. The number of carbonyl (C=O) groups excluding carboxylic acids is 2. The van der Waals surface area contributed by atoms with Crippen LogP contribution in [-0.2, 0) is 32.7 Å². The second-order valence-corrected chi connectivity index (χ2v) is 24.6. The fraction of sp³-hybridized carbons (Fsp3) is 0.768. The SMILES string of the molecule is CC/C=C\C/C=C\C/C=C\C/C=C\C/C=C\C/C=C\C/C=C\CCCCCCCCCC(=O)OC(COC(=O)CCCCCCCCCCCCCCCCCCCCCCCCCCCC)COP(=O)(O)OCC[N+](C)(C)C. The average molecular weight is 1130 g/mol. The third-order valence-electron chi connectivity index (χ3n) is 14.2. The Hall–Kier alpha value is -2.81. The Kier molecular flexibility index (Phi) is 57.7. The highest BCUT2D eigenvalue weighted by atomic mass is 31.2. The van der Waals surface area contributed by atoms with E-state index in [-0.39, 0.29) is 32.0 Å². The first kappa shape index (κ1) is 76.2. The molecule has 0 aliphatic rings. The van der Waals surface area contributed by atoms with Crippen LogP contribution in [-0.4, -0.2) is 74.9 Å². The third kappa shape index (κ3) is 64.2. The monoisotopic (exact) mass is 1130 g/mol. The summed E-state index contributed by atoms with van der Waals surface area (Å²) in [5.74, 6) is -0.803. The molecule has 0 amide bonds. The molecule has 0 fully saturated rings. The molecule has 0 radical (unpaired) electrons. The zero-order chi connectivity index (χ0) is 57.7. The molecular formula is C69H125NO8P+. The highest BCUT2D eigenvalue weighted by Gasteiger charge is 2.27. The van der Waals surface area contributed by atoms with Gasteiger partial charge in [-0.25, -0.2) is 4.57 Å². The zero-order valence-electron chi connectivity index (χ0n) is 52.1. The fourth-order valence-electron chi connectivity index (χ4n) is 9.17. The number of carbonyl (C=O) groups is 2. The van der Waals surface area contributed by atoms with Crippen molar-refractivity contribution < 1.29 is 42.1 Å². The van der Waals surface area contributed by atoms with Crippen molar-refractivity contribution in [1.29, 1.82) is 0 Å². The first-order chi connectivity index (χ1) is 38.5. The van der Waals surface area contributed by atoms with Gasteiger partial charge in [0.15, 0.2) is 6.10 Å². The van der Waals surface area contributed by atoms with Crippen molar-refractivity contribution in [3.05, 3.63) is 85.1 Å². The highest BCUT2D eigenvalue weighted by molar-refractivity contribution is 7.47. The van der Waals surface area contributed by atoms with Gasteiger partial charge in [-0.1, -0.05) is 292 Å². The molecule has 0 aromatic carbocycles. The molecular weight excluding hydrogens is 1000 g/mol. The number of unbranched alkanes of at least 4 members (excludes halogenated alkanes) is 32. The highest BCUT2D eigenvalue weighted by Crippen LogP contribution is 2.43. The molecule has 1 N–H and O–H groups in total. The second-order valence-electron chi connectivity index (χ2n) is 23.1. The fourth-order valence-corrected chi connectivity index (χ4v) is 9.92. The van der Waals surface area contributed by atoms with Crippen LogP contribution in [0.2, 0.25) is 0 Å². The Labute approximate surface area is 488 Å². The standard InChI is InChI=1S/C69H124NO8P/c1-6-8-10-12-14-16-18-20-22-24-26-28-30-32-34-35-36-38-40-42-44-46-48-50-52-54-56-58-60-62-69(72)78-67(66-77-79(73,74)76-64-63-70(3,4)5)65-75-68(71)61-59-57-55-53-51-49-47-45-43-41-39-37-33-31-29-27-25-23-21-19-17-15-13-11-9-7-2/h8,10,14,16,20,22,26,28,32,34,36,38,42,44,67H,6-7,9,11-13,15,17-19,21,23-25,27,29-31,33,35,37,39-41,43,45-66H2,1-5H3/p+1/b10-8-,16-14-,22-20-,28-26-,34-32-,38-36-,44-42-. The van der Waals surface area contributed by atoms with Crippen molar-refractivity contribution in [2.75, 3.05) is 47.5 Å². The van der Waals surface area contributed by atoms with Crippen LogP contribution in [0.1, 0.15) is 290 Å².